The number of hydrogen-bond acceptors (Lipinski definition) is 4. The van der Waals surface area contributed by atoms with Gasteiger partial charge in [-0.1, -0.05) is 34.1 Å². The number of nitrogens with one attached hydrogen (secondary N) is 1. The molecule has 2 N–H and O–H groups in total. The van der Waals surface area contributed by atoms with E-state index in [1.807, 2.05) is 36.4 Å². The number of carbonyl (C=O) groups excluding carboxylic acids is 1. The van der Waals surface area contributed by atoms with Gasteiger partial charge >= 0.3 is 5.97 Å². The smallest absolute Gasteiger partial charge is 0.303 e. The number of carboxylic acids is 1. The van der Waals surface area contributed by atoms with Gasteiger partial charge in [0, 0.05) is 16.5 Å². The summed E-state index contributed by atoms with van der Waals surface area (Å²) in [5.74, 6) is -0.0202. The van der Waals surface area contributed by atoms with E-state index in [2.05, 4.69) is 21.2 Å². The first kappa shape index (κ1) is 20.1. The van der Waals surface area contributed by atoms with Crippen molar-refractivity contribution in [2.75, 3.05) is 13.7 Å². The average Bonchev–Trinajstić information content (AvgIpc) is 2.65. The molecule has 0 heterocycles. The molecule has 1 unspecified atom stereocenters. The topological polar surface area (TPSA) is 75.6 Å². The molecule has 0 saturated carbocycles. The number of rotatable bonds is 10. The Balaban J connectivity index is 2.23. The molecular weight excluding hydrogens is 398 g/mol. The normalized spacial score (nSPS) is 11.8. The van der Waals surface area contributed by atoms with Gasteiger partial charge in [0.15, 0.2) is 0 Å². The van der Waals surface area contributed by atoms with Crippen LogP contribution in [0.15, 0.2) is 46.9 Å². The highest BCUT2D eigenvalue weighted by Gasteiger charge is 2.17. The molecule has 0 aliphatic carbocycles. The number of halogens is 1. The summed E-state index contributed by atoms with van der Waals surface area (Å²) in [6.07, 6.45) is 2.36. The zero-order valence-corrected chi connectivity index (χ0v) is 16.2. The Morgan fingerprint density at radius 2 is 1.96 bits per heavy atom. The third-order valence-corrected chi connectivity index (χ3v) is 4.60. The van der Waals surface area contributed by atoms with Crippen LogP contribution in [0.2, 0.25) is 0 Å². The number of hydrogen-bond donors (Lipinski definition) is 2. The highest BCUT2D eigenvalue weighted by atomic mass is 79.9. The van der Waals surface area contributed by atoms with Crippen LogP contribution in [0.3, 0.4) is 0 Å². The van der Waals surface area contributed by atoms with Crippen LogP contribution in [0.4, 0.5) is 0 Å². The predicted molar refractivity (Wildman–Crippen MR) is 104 cm³/mol. The minimum atomic E-state index is -0.784. The monoisotopic (exact) mass is 419 g/mol. The molecule has 2 aromatic carbocycles. The third-order valence-electron chi connectivity index (χ3n) is 4.10. The van der Waals surface area contributed by atoms with E-state index in [4.69, 9.17) is 9.84 Å². The highest BCUT2D eigenvalue weighted by molar-refractivity contribution is 9.10. The van der Waals surface area contributed by atoms with Gasteiger partial charge in [0.05, 0.1) is 13.2 Å². The van der Waals surface area contributed by atoms with E-state index >= 15 is 0 Å². The Hall–Kier alpha value is -2.18. The minimum Gasteiger partial charge on any atom is -0.497 e. The number of benzene rings is 2. The number of aldehydes is 1. The fourth-order valence-electron chi connectivity index (χ4n) is 2.76. The third kappa shape index (κ3) is 5.68. The van der Waals surface area contributed by atoms with E-state index < -0.39 is 5.97 Å². The molecule has 0 aromatic heterocycles. The Kier molecular flexibility index (Phi) is 7.81. The first-order valence-electron chi connectivity index (χ1n) is 8.39. The average molecular weight is 420 g/mol. The zero-order valence-electron chi connectivity index (χ0n) is 14.6. The van der Waals surface area contributed by atoms with Crippen molar-refractivity contribution in [1.82, 2.24) is 5.32 Å². The summed E-state index contributed by atoms with van der Waals surface area (Å²) in [5, 5.41) is 12.2. The fourth-order valence-corrected chi connectivity index (χ4v) is 3.14. The Morgan fingerprint density at radius 3 is 2.58 bits per heavy atom. The van der Waals surface area contributed by atoms with Gasteiger partial charge in [-0.2, -0.15) is 0 Å². The molecule has 0 amide bonds. The van der Waals surface area contributed by atoms with Crippen LogP contribution in [-0.2, 0) is 4.79 Å². The Bertz CT molecular complexity index is 746. The predicted octanol–water partition coefficient (Wildman–Crippen LogP) is 4.20. The molecule has 0 bridgehead atoms. The lowest BCUT2D eigenvalue weighted by atomic mass is 9.94. The second-order valence-corrected chi connectivity index (χ2v) is 6.82. The van der Waals surface area contributed by atoms with Gasteiger partial charge in [-0.05, 0) is 54.8 Å². The van der Waals surface area contributed by atoms with Crippen molar-refractivity contribution >= 4 is 28.2 Å². The summed E-state index contributed by atoms with van der Waals surface area (Å²) in [7, 11) is 1.62. The van der Waals surface area contributed by atoms with Gasteiger partial charge < -0.3 is 15.2 Å². The van der Waals surface area contributed by atoms with Crippen molar-refractivity contribution in [2.24, 2.45) is 0 Å². The van der Waals surface area contributed by atoms with Crippen molar-refractivity contribution in [1.29, 1.82) is 0 Å². The fraction of sp³-hybridized carbons (Fsp3) is 0.300. The van der Waals surface area contributed by atoms with Gasteiger partial charge in [-0.3, -0.25) is 9.59 Å². The van der Waals surface area contributed by atoms with E-state index in [9.17, 15) is 9.59 Å². The van der Waals surface area contributed by atoms with Crippen molar-refractivity contribution in [3.63, 3.8) is 0 Å². The van der Waals surface area contributed by atoms with E-state index in [1.165, 1.54) is 0 Å². The Morgan fingerprint density at radius 1 is 1.23 bits per heavy atom. The van der Waals surface area contributed by atoms with Gasteiger partial charge in [0.1, 0.15) is 12.0 Å². The van der Waals surface area contributed by atoms with Crippen LogP contribution < -0.4 is 10.1 Å². The van der Waals surface area contributed by atoms with E-state index in [-0.39, 0.29) is 12.5 Å². The zero-order chi connectivity index (χ0) is 18.9. The van der Waals surface area contributed by atoms with Crippen LogP contribution >= 0.6 is 15.9 Å². The van der Waals surface area contributed by atoms with Crippen LogP contribution in [0, 0.1) is 0 Å². The molecule has 0 aliphatic heterocycles. The summed E-state index contributed by atoms with van der Waals surface area (Å²) in [6.45, 7) is 0.651. The number of carboxylic acid groups (broad SMARTS) is 1. The first-order valence-corrected chi connectivity index (χ1v) is 9.18. The molecule has 138 valence electrons. The molecule has 0 spiro atoms. The summed E-state index contributed by atoms with van der Waals surface area (Å²) < 4.78 is 6.06. The van der Waals surface area contributed by atoms with Crippen LogP contribution in [0.25, 0.3) is 0 Å². The van der Waals surface area contributed by atoms with Gasteiger partial charge in [0.25, 0.3) is 0 Å². The largest absolute Gasteiger partial charge is 0.497 e. The van der Waals surface area contributed by atoms with E-state index in [0.29, 0.717) is 18.5 Å². The SMILES string of the molecule is COc1ccc(C(NCCCCC(=O)O)c2ccc(Br)cc2C=O)cc1. The van der Waals surface area contributed by atoms with Crippen LogP contribution in [-0.4, -0.2) is 31.0 Å². The van der Waals surface area contributed by atoms with Crippen molar-refractivity contribution in [2.45, 2.75) is 25.3 Å². The van der Waals surface area contributed by atoms with Crippen molar-refractivity contribution in [3.05, 3.63) is 63.6 Å². The van der Waals surface area contributed by atoms with Crippen LogP contribution in [0.5, 0.6) is 5.75 Å². The maximum Gasteiger partial charge on any atom is 0.303 e. The summed E-state index contributed by atoms with van der Waals surface area (Å²) in [5.41, 5.74) is 2.50. The molecule has 2 rings (SSSR count). The molecule has 0 fully saturated rings. The molecule has 2 aromatic rings. The minimum absolute atomic E-state index is 0.159. The van der Waals surface area contributed by atoms with Crippen LogP contribution in [0.1, 0.15) is 46.8 Å². The summed E-state index contributed by atoms with van der Waals surface area (Å²) in [6, 6.07) is 13.2. The van der Waals surface area contributed by atoms with E-state index in [1.54, 1.807) is 13.2 Å². The first-order chi connectivity index (χ1) is 12.5. The molecule has 0 radical (unpaired) electrons. The molecule has 6 heteroatoms. The molecule has 5 nitrogen and oxygen atoms in total. The summed E-state index contributed by atoms with van der Waals surface area (Å²) >= 11 is 3.40. The second-order valence-electron chi connectivity index (χ2n) is 5.90. The number of unbranched alkanes of at least 4 members (excludes halogenated alkanes) is 1. The maximum absolute atomic E-state index is 11.5. The summed E-state index contributed by atoms with van der Waals surface area (Å²) in [4.78, 5) is 22.2. The lowest BCUT2D eigenvalue weighted by molar-refractivity contribution is -0.137. The number of ether oxygens (including phenoxy) is 1. The number of methoxy groups -OCH3 is 1. The van der Waals surface area contributed by atoms with Gasteiger partial charge in [-0.25, -0.2) is 0 Å². The quantitative estimate of drug-likeness (QED) is 0.445. The highest BCUT2D eigenvalue weighted by Crippen LogP contribution is 2.28. The van der Waals surface area contributed by atoms with E-state index in [0.717, 1.165) is 34.1 Å². The molecule has 1 atom stereocenters. The Labute approximate surface area is 161 Å². The molecule has 0 saturated heterocycles. The van der Waals surface area contributed by atoms with Crippen molar-refractivity contribution < 1.29 is 19.4 Å². The van der Waals surface area contributed by atoms with Gasteiger partial charge in [0.2, 0.25) is 0 Å². The number of carbonyl (C=O) groups is 2. The lowest BCUT2D eigenvalue weighted by Crippen LogP contribution is -2.24. The molecule has 0 aliphatic rings. The lowest BCUT2D eigenvalue weighted by Gasteiger charge is -2.22. The number of aliphatic carboxylic acids is 1. The maximum atomic E-state index is 11.5. The molecular formula is C20H22BrNO4. The second kappa shape index (κ2) is 10.1. The van der Waals surface area contributed by atoms with Gasteiger partial charge in [-0.15, -0.1) is 0 Å². The van der Waals surface area contributed by atoms with Crippen molar-refractivity contribution in [3.8, 4) is 5.75 Å². The standard InChI is InChI=1S/C20H22BrNO4/c1-26-17-8-5-14(6-9-17)20(22-11-3-2-4-19(24)25)18-10-7-16(21)12-15(18)13-23/h5-10,12-13,20,22H,2-4,11H2,1H3,(H,24,25). The molecule has 26 heavy (non-hydrogen) atoms.